The Morgan fingerprint density at radius 1 is 1.29 bits per heavy atom. The smallest absolute Gasteiger partial charge is 0.238 e. The highest BCUT2D eigenvalue weighted by atomic mass is 79.9. The van der Waals surface area contributed by atoms with Gasteiger partial charge in [-0.1, -0.05) is 0 Å². The summed E-state index contributed by atoms with van der Waals surface area (Å²) in [7, 11) is 0. The molecule has 4 heteroatoms. The highest BCUT2D eigenvalue weighted by molar-refractivity contribution is 9.10. The lowest BCUT2D eigenvalue weighted by atomic mass is 9.99. The molecular formula is C13H11BrO2S. The first-order valence-corrected chi connectivity index (χ1v) is 7.26. The molecule has 0 saturated heterocycles. The Bertz CT molecular complexity index is 544. The van der Waals surface area contributed by atoms with Gasteiger partial charge in [-0.2, -0.15) is 0 Å². The van der Waals surface area contributed by atoms with E-state index in [1.807, 2.05) is 6.07 Å². The Labute approximate surface area is 112 Å². The summed E-state index contributed by atoms with van der Waals surface area (Å²) in [6, 6.07) is 5.50. The molecule has 0 aliphatic heterocycles. The zero-order valence-corrected chi connectivity index (χ0v) is 11.6. The number of aryl methyl sites for hydroxylation is 2. The minimum Gasteiger partial charge on any atom is -0.446 e. The van der Waals surface area contributed by atoms with E-state index in [1.54, 1.807) is 23.5 Å². The molecule has 0 amide bonds. The third kappa shape index (κ3) is 2.11. The number of fused-ring (bicyclic) bond motifs is 1. The van der Waals surface area contributed by atoms with Crippen molar-refractivity contribution in [1.82, 2.24) is 0 Å². The van der Waals surface area contributed by atoms with Crippen LogP contribution in [0.25, 0.3) is 0 Å². The highest BCUT2D eigenvalue weighted by Crippen LogP contribution is 2.31. The van der Waals surface area contributed by atoms with Crippen LogP contribution < -0.4 is 0 Å². The van der Waals surface area contributed by atoms with Crippen molar-refractivity contribution in [3.05, 3.63) is 43.9 Å². The molecule has 0 fully saturated rings. The van der Waals surface area contributed by atoms with Gasteiger partial charge in [-0.3, -0.25) is 4.79 Å². The van der Waals surface area contributed by atoms with Gasteiger partial charge >= 0.3 is 0 Å². The van der Waals surface area contributed by atoms with Crippen molar-refractivity contribution in [2.75, 3.05) is 0 Å². The summed E-state index contributed by atoms with van der Waals surface area (Å²) in [6.45, 7) is 0. The lowest BCUT2D eigenvalue weighted by Gasteiger charge is -2.08. The minimum atomic E-state index is -0.00454. The van der Waals surface area contributed by atoms with Crippen molar-refractivity contribution in [1.29, 1.82) is 0 Å². The molecule has 3 rings (SSSR count). The summed E-state index contributed by atoms with van der Waals surface area (Å²) in [5.41, 5.74) is 1.36. The summed E-state index contributed by atoms with van der Waals surface area (Å²) in [5.74, 6) is 0.408. The maximum absolute atomic E-state index is 12.2. The molecule has 0 spiro atoms. The number of carbonyl (C=O) groups excluding carboxylic acids is 1. The second-order valence-electron chi connectivity index (χ2n) is 4.20. The van der Waals surface area contributed by atoms with Crippen molar-refractivity contribution in [2.24, 2.45) is 0 Å². The normalized spacial score (nSPS) is 14.6. The molecule has 17 heavy (non-hydrogen) atoms. The van der Waals surface area contributed by atoms with Gasteiger partial charge in [0.1, 0.15) is 0 Å². The summed E-state index contributed by atoms with van der Waals surface area (Å²) in [4.78, 5) is 14.4. The van der Waals surface area contributed by atoms with Gasteiger partial charge in [0.2, 0.25) is 5.78 Å². The van der Waals surface area contributed by atoms with Gasteiger partial charge in [0.25, 0.3) is 0 Å². The molecule has 2 aromatic rings. The van der Waals surface area contributed by atoms with Crippen LogP contribution in [0.2, 0.25) is 0 Å². The van der Waals surface area contributed by atoms with Crippen molar-refractivity contribution >= 4 is 33.0 Å². The maximum atomic E-state index is 12.2. The molecule has 0 N–H and O–H groups in total. The summed E-state index contributed by atoms with van der Waals surface area (Å²) in [6.07, 6.45) is 4.72. The van der Waals surface area contributed by atoms with Crippen molar-refractivity contribution < 1.29 is 9.21 Å². The molecule has 0 bridgehead atoms. The number of halogens is 1. The molecule has 2 aromatic heterocycles. The number of ketones is 1. The zero-order valence-electron chi connectivity index (χ0n) is 9.16. The molecule has 0 aromatic carbocycles. The van der Waals surface area contributed by atoms with E-state index >= 15 is 0 Å². The SMILES string of the molecule is O=C(c1ccc(Br)o1)c1cc2c(s1)CCCC2. The maximum Gasteiger partial charge on any atom is 0.238 e. The third-order valence-corrected chi connectivity index (χ3v) is 4.68. The summed E-state index contributed by atoms with van der Waals surface area (Å²) < 4.78 is 5.90. The quantitative estimate of drug-likeness (QED) is 0.778. The molecule has 88 valence electrons. The molecule has 0 radical (unpaired) electrons. The van der Waals surface area contributed by atoms with Crippen molar-refractivity contribution in [3.8, 4) is 0 Å². The Morgan fingerprint density at radius 3 is 2.82 bits per heavy atom. The molecule has 2 nitrogen and oxygen atoms in total. The predicted molar refractivity (Wildman–Crippen MR) is 70.8 cm³/mol. The fraction of sp³-hybridized carbons (Fsp3) is 0.308. The molecular weight excluding hydrogens is 300 g/mol. The van der Waals surface area contributed by atoms with E-state index in [0.717, 1.165) is 17.7 Å². The largest absolute Gasteiger partial charge is 0.446 e. The number of carbonyl (C=O) groups is 1. The van der Waals surface area contributed by atoms with Crippen LogP contribution in [0.4, 0.5) is 0 Å². The predicted octanol–water partition coefficient (Wildman–Crippen LogP) is 4.21. The van der Waals surface area contributed by atoms with Gasteiger partial charge in [0, 0.05) is 4.88 Å². The van der Waals surface area contributed by atoms with Crippen LogP contribution in [-0.4, -0.2) is 5.78 Å². The van der Waals surface area contributed by atoms with Gasteiger partial charge in [0.15, 0.2) is 10.4 Å². The van der Waals surface area contributed by atoms with E-state index in [-0.39, 0.29) is 5.78 Å². The van der Waals surface area contributed by atoms with Crippen molar-refractivity contribution in [2.45, 2.75) is 25.7 Å². The van der Waals surface area contributed by atoms with Crippen LogP contribution >= 0.6 is 27.3 Å². The Hall–Kier alpha value is -0.870. The molecule has 2 heterocycles. The van der Waals surface area contributed by atoms with Gasteiger partial charge in [-0.15, -0.1) is 11.3 Å². The summed E-state index contributed by atoms with van der Waals surface area (Å²) in [5, 5.41) is 0. The highest BCUT2D eigenvalue weighted by Gasteiger charge is 2.20. The van der Waals surface area contributed by atoms with E-state index < -0.39 is 0 Å². The number of thiophene rings is 1. The fourth-order valence-electron chi connectivity index (χ4n) is 2.16. The molecule has 0 saturated carbocycles. The van der Waals surface area contributed by atoms with E-state index in [4.69, 9.17) is 4.42 Å². The van der Waals surface area contributed by atoms with Crippen LogP contribution in [0.3, 0.4) is 0 Å². The van der Waals surface area contributed by atoms with E-state index in [2.05, 4.69) is 15.9 Å². The van der Waals surface area contributed by atoms with Crippen LogP contribution in [0.5, 0.6) is 0 Å². The van der Waals surface area contributed by atoms with Gasteiger partial charge in [0.05, 0.1) is 4.88 Å². The zero-order chi connectivity index (χ0) is 11.8. The second kappa shape index (κ2) is 4.42. The molecule has 0 atom stereocenters. The van der Waals surface area contributed by atoms with E-state index in [1.165, 1.54) is 23.3 Å². The van der Waals surface area contributed by atoms with Gasteiger partial charge < -0.3 is 4.42 Å². The number of hydrogen-bond donors (Lipinski definition) is 0. The molecule has 1 aliphatic rings. The van der Waals surface area contributed by atoms with Crippen LogP contribution in [-0.2, 0) is 12.8 Å². The van der Waals surface area contributed by atoms with Crippen LogP contribution in [0.1, 0.15) is 38.7 Å². The second-order valence-corrected chi connectivity index (χ2v) is 6.12. The lowest BCUT2D eigenvalue weighted by molar-refractivity contribution is 0.101. The Kier molecular flexibility index (Phi) is 2.92. The van der Waals surface area contributed by atoms with Gasteiger partial charge in [-0.05, 0) is 65.4 Å². The average Bonchev–Trinajstić information content (AvgIpc) is 2.93. The Balaban J connectivity index is 1.94. The third-order valence-electron chi connectivity index (χ3n) is 3.02. The lowest BCUT2D eigenvalue weighted by Crippen LogP contribution is -1.97. The van der Waals surface area contributed by atoms with Crippen molar-refractivity contribution in [3.63, 3.8) is 0 Å². The fourth-order valence-corrected chi connectivity index (χ4v) is 3.67. The Morgan fingerprint density at radius 2 is 2.12 bits per heavy atom. The minimum absolute atomic E-state index is 0.00454. The van der Waals surface area contributed by atoms with E-state index in [9.17, 15) is 4.79 Å². The summed E-state index contributed by atoms with van der Waals surface area (Å²) >= 11 is 4.84. The molecule has 0 unspecified atom stereocenters. The first-order chi connectivity index (χ1) is 8.24. The number of furan rings is 1. The van der Waals surface area contributed by atoms with E-state index in [0.29, 0.717) is 10.4 Å². The standard InChI is InChI=1S/C13H11BrO2S/c14-12-6-5-9(16-12)13(15)11-7-8-3-1-2-4-10(8)17-11/h5-7H,1-4H2. The average molecular weight is 311 g/mol. The molecule has 1 aliphatic carbocycles. The topological polar surface area (TPSA) is 30.2 Å². The van der Waals surface area contributed by atoms with Gasteiger partial charge in [-0.25, -0.2) is 0 Å². The van der Waals surface area contributed by atoms with Crippen LogP contribution in [0, 0.1) is 0 Å². The monoisotopic (exact) mass is 310 g/mol. The first kappa shape index (κ1) is 11.2. The van der Waals surface area contributed by atoms with Crippen LogP contribution in [0.15, 0.2) is 27.3 Å². The first-order valence-electron chi connectivity index (χ1n) is 5.65. The number of hydrogen-bond acceptors (Lipinski definition) is 3. The number of rotatable bonds is 2.